The second-order valence-corrected chi connectivity index (χ2v) is 4.41. The largest absolute Gasteiger partial charge is 0.373 e. The predicted molar refractivity (Wildman–Crippen MR) is 60.8 cm³/mol. The normalized spacial score (nSPS) is 21.9. The molecule has 2 aliphatic heterocycles. The summed E-state index contributed by atoms with van der Waals surface area (Å²) in [6.45, 7) is 1.31. The maximum Gasteiger partial charge on any atom is 0.261 e. The third-order valence-electron chi connectivity index (χ3n) is 3.19. The van der Waals surface area contributed by atoms with Crippen LogP contribution in [0.1, 0.15) is 33.6 Å². The van der Waals surface area contributed by atoms with E-state index >= 15 is 0 Å². The SMILES string of the molecule is O=C1c2ccccc2C(=O)N1CCC[C@H]1CO1. The van der Waals surface area contributed by atoms with Crippen LogP contribution in [0, 0.1) is 0 Å². The Kier molecular flexibility index (Phi) is 2.44. The van der Waals surface area contributed by atoms with Gasteiger partial charge in [-0.25, -0.2) is 0 Å². The fourth-order valence-electron chi connectivity index (χ4n) is 2.15. The molecule has 0 unspecified atom stereocenters. The highest BCUT2D eigenvalue weighted by Gasteiger charge is 2.34. The van der Waals surface area contributed by atoms with Gasteiger partial charge in [0.25, 0.3) is 11.8 Å². The minimum atomic E-state index is -0.165. The van der Waals surface area contributed by atoms with E-state index in [9.17, 15) is 9.59 Å². The maximum atomic E-state index is 12.0. The Bertz CT molecular complexity index is 444. The molecule has 2 aliphatic rings. The van der Waals surface area contributed by atoms with Gasteiger partial charge in [-0.05, 0) is 25.0 Å². The van der Waals surface area contributed by atoms with Crippen LogP contribution in [0.3, 0.4) is 0 Å². The summed E-state index contributed by atoms with van der Waals surface area (Å²) in [5.41, 5.74) is 1.06. The molecular weight excluding hydrogens is 218 g/mol. The van der Waals surface area contributed by atoms with Crippen LogP contribution in [0.25, 0.3) is 0 Å². The molecule has 1 aromatic carbocycles. The van der Waals surface area contributed by atoms with Crippen LogP contribution in [0.5, 0.6) is 0 Å². The Morgan fingerprint density at radius 3 is 2.29 bits per heavy atom. The number of carbonyl (C=O) groups is 2. The standard InChI is InChI=1S/C13H13NO3/c15-12-10-5-1-2-6-11(10)13(16)14(12)7-3-4-9-8-17-9/h1-2,5-6,9H,3-4,7-8H2/t9-/m0/s1. The topological polar surface area (TPSA) is 49.9 Å². The number of ether oxygens (including phenoxy) is 1. The summed E-state index contributed by atoms with van der Waals surface area (Å²) in [5, 5.41) is 0. The van der Waals surface area contributed by atoms with Crippen molar-refractivity contribution in [1.82, 2.24) is 4.90 Å². The number of fused-ring (bicyclic) bond motifs is 1. The molecule has 3 rings (SSSR count). The van der Waals surface area contributed by atoms with Gasteiger partial charge in [0.1, 0.15) is 0 Å². The lowest BCUT2D eigenvalue weighted by Gasteiger charge is -2.12. The van der Waals surface area contributed by atoms with E-state index in [1.54, 1.807) is 24.3 Å². The molecule has 0 bridgehead atoms. The molecule has 88 valence electrons. The average Bonchev–Trinajstić information content (AvgIpc) is 3.13. The molecule has 1 atom stereocenters. The van der Waals surface area contributed by atoms with E-state index in [-0.39, 0.29) is 11.8 Å². The van der Waals surface area contributed by atoms with Crippen LogP contribution in [0.4, 0.5) is 0 Å². The lowest BCUT2D eigenvalue weighted by atomic mass is 10.1. The Morgan fingerprint density at radius 1 is 1.18 bits per heavy atom. The first-order valence-electron chi connectivity index (χ1n) is 5.84. The lowest BCUT2D eigenvalue weighted by Crippen LogP contribution is -2.30. The van der Waals surface area contributed by atoms with E-state index < -0.39 is 0 Å². The number of imide groups is 1. The lowest BCUT2D eigenvalue weighted by molar-refractivity contribution is 0.0650. The first kappa shape index (κ1) is 10.5. The van der Waals surface area contributed by atoms with Crippen LogP contribution in [-0.2, 0) is 4.74 Å². The fraction of sp³-hybridized carbons (Fsp3) is 0.385. The molecule has 4 heteroatoms. The molecule has 17 heavy (non-hydrogen) atoms. The summed E-state index contributed by atoms with van der Waals surface area (Å²) in [7, 11) is 0. The van der Waals surface area contributed by atoms with E-state index in [2.05, 4.69) is 0 Å². The highest BCUT2D eigenvalue weighted by atomic mass is 16.6. The number of amides is 2. The Hall–Kier alpha value is -1.68. The second-order valence-electron chi connectivity index (χ2n) is 4.41. The molecule has 0 saturated carbocycles. The van der Waals surface area contributed by atoms with Crippen molar-refractivity contribution in [3.05, 3.63) is 35.4 Å². The van der Waals surface area contributed by atoms with Gasteiger partial charge in [-0.15, -0.1) is 0 Å². The Morgan fingerprint density at radius 2 is 1.76 bits per heavy atom. The Balaban J connectivity index is 1.70. The van der Waals surface area contributed by atoms with Crippen molar-refractivity contribution in [1.29, 1.82) is 0 Å². The van der Waals surface area contributed by atoms with Crippen molar-refractivity contribution in [2.75, 3.05) is 13.2 Å². The monoisotopic (exact) mass is 231 g/mol. The molecule has 0 spiro atoms. The van der Waals surface area contributed by atoms with E-state index in [0.717, 1.165) is 19.4 Å². The quantitative estimate of drug-likeness (QED) is 0.582. The molecule has 0 N–H and O–H groups in total. The molecular formula is C13H13NO3. The molecule has 1 aromatic rings. The zero-order chi connectivity index (χ0) is 11.8. The minimum absolute atomic E-state index is 0.165. The molecule has 1 saturated heterocycles. The molecule has 0 radical (unpaired) electrons. The number of rotatable bonds is 4. The third-order valence-corrected chi connectivity index (χ3v) is 3.19. The highest BCUT2D eigenvalue weighted by Crippen LogP contribution is 2.23. The van der Waals surface area contributed by atoms with Gasteiger partial charge in [-0.2, -0.15) is 0 Å². The third kappa shape index (κ3) is 1.85. The van der Waals surface area contributed by atoms with Gasteiger partial charge in [0.15, 0.2) is 0 Å². The van der Waals surface area contributed by atoms with Crippen LogP contribution in [0.15, 0.2) is 24.3 Å². The van der Waals surface area contributed by atoms with Gasteiger partial charge < -0.3 is 4.74 Å². The number of carbonyl (C=O) groups excluding carboxylic acids is 2. The van der Waals surface area contributed by atoms with E-state index in [1.165, 1.54) is 4.90 Å². The Labute approximate surface area is 99.2 Å². The van der Waals surface area contributed by atoms with Crippen LogP contribution in [0.2, 0.25) is 0 Å². The number of hydrogen-bond donors (Lipinski definition) is 0. The summed E-state index contributed by atoms with van der Waals surface area (Å²) < 4.78 is 5.10. The highest BCUT2D eigenvalue weighted by molar-refractivity contribution is 6.21. The van der Waals surface area contributed by atoms with Crippen LogP contribution < -0.4 is 0 Å². The average molecular weight is 231 g/mol. The summed E-state index contributed by atoms with van der Waals surface area (Å²) >= 11 is 0. The number of hydrogen-bond acceptors (Lipinski definition) is 3. The summed E-state index contributed by atoms with van der Waals surface area (Å²) in [4.78, 5) is 25.3. The summed E-state index contributed by atoms with van der Waals surface area (Å²) in [6.07, 6.45) is 2.09. The first-order valence-corrected chi connectivity index (χ1v) is 5.84. The fourth-order valence-corrected chi connectivity index (χ4v) is 2.15. The smallest absolute Gasteiger partial charge is 0.261 e. The predicted octanol–water partition coefficient (Wildman–Crippen LogP) is 1.46. The van der Waals surface area contributed by atoms with Gasteiger partial charge in [-0.3, -0.25) is 14.5 Å². The van der Waals surface area contributed by atoms with E-state index in [0.29, 0.717) is 23.8 Å². The van der Waals surface area contributed by atoms with Gasteiger partial charge in [0.2, 0.25) is 0 Å². The van der Waals surface area contributed by atoms with Gasteiger partial charge in [-0.1, -0.05) is 12.1 Å². The molecule has 2 heterocycles. The number of epoxide rings is 1. The minimum Gasteiger partial charge on any atom is -0.373 e. The summed E-state index contributed by atoms with van der Waals surface area (Å²) in [5.74, 6) is -0.329. The summed E-state index contributed by atoms with van der Waals surface area (Å²) in [6, 6.07) is 6.98. The zero-order valence-corrected chi connectivity index (χ0v) is 9.39. The van der Waals surface area contributed by atoms with Crippen LogP contribution in [-0.4, -0.2) is 36.0 Å². The van der Waals surface area contributed by atoms with Crippen molar-refractivity contribution >= 4 is 11.8 Å². The maximum absolute atomic E-state index is 12.0. The molecule has 1 fully saturated rings. The van der Waals surface area contributed by atoms with Gasteiger partial charge >= 0.3 is 0 Å². The van der Waals surface area contributed by atoms with Crippen molar-refractivity contribution < 1.29 is 14.3 Å². The first-order chi connectivity index (χ1) is 8.27. The molecule has 0 aromatic heterocycles. The van der Waals surface area contributed by atoms with Crippen molar-refractivity contribution in [3.8, 4) is 0 Å². The van der Waals surface area contributed by atoms with E-state index in [1.807, 2.05) is 0 Å². The molecule has 4 nitrogen and oxygen atoms in total. The van der Waals surface area contributed by atoms with Crippen molar-refractivity contribution in [2.45, 2.75) is 18.9 Å². The number of benzene rings is 1. The van der Waals surface area contributed by atoms with Crippen molar-refractivity contribution in [2.24, 2.45) is 0 Å². The number of nitrogens with zero attached hydrogens (tertiary/aromatic N) is 1. The molecule has 2 amide bonds. The van der Waals surface area contributed by atoms with Crippen LogP contribution >= 0.6 is 0 Å². The van der Waals surface area contributed by atoms with Gasteiger partial charge in [0.05, 0.1) is 23.8 Å². The van der Waals surface area contributed by atoms with Crippen molar-refractivity contribution in [3.63, 3.8) is 0 Å². The molecule has 0 aliphatic carbocycles. The van der Waals surface area contributed by atoms with Gasteiger partial charge in [0, 0.05) is 6.54 Å². The van der Waals surface area contributed by atoms with E-state index in [4.69, 9.17) is 4.74 Å². The second kappa shape index (κ2) is 3.96. The zero-order valence-electron chi connectivity index (χ0n) is 9.39.